The number of carbonyl (C=O) groups is 1. The zero-order chi connectivity index (χ0) is 14.2. The van der Waals surface area contributed by atoms with Crippen LogP contribution >= 0.6 is 0 Å². The maximum Gasteiger partial charge on any atom is 0.271 e. The lowest BCUT2D eigenvalue weighted by molar-refractivity contribution is 0.0948. The van der Waals surface area contributed by atoms with Crippen molar-refractivity contribution in [3.63, 3.8) is 0 Å². The number of hydrogen-bond acceptors (Lipinski definition) is 6. The van der Waals surface area contributed by atoms with Crippen molar-refractivity contribution in [3.05, 3.63) is 41.8 Å². The number of nitrogens with zero attached hydrogens (tertiary/aromatic N) is 3. The maximum atomic E-state index is 12.0. The molecule has 0 unspecified atom stereocenters. The summed E-state index contributed by atoms with van der Waals surface area (Å²) < 4.78 is 4.60. The van der Waals surface area contributed by atoms with Crippen molar-refractivity contribution < 1.29 is 9.32 Å². The SMILES string of the molecule is NCC#Cc1cccnc1C(=O)NCCc1ncon1. The molecular formula is C13H13N5O2. The third-order valence-corrected chi connectivity index (χ3v) is 2.39. The van der Waals surface area contributed by atoms with Crippen molar-refractivity contribution in [2.45, 2.75) is 6.42 Å². The summed E-state index contributed by atoms with van der Waals surface area (Å²) in [5.41, 5.74) is 6.15. The fourth-order valence-corrected chi connectivity index (χ4v) is 1.51. The minimum absolute atomic E-state index is 0.230. The van der Waals surface area contributed by atoms with Crippen LogP contribution in [0.4, 0.5) is 0 Å². The molecule has 7 heteroatoms. The minimum atomic E-state index is -0.296. The molecule has 0 saturated carbocycles. The number of carbonyl (C=O) groups excluding carboxylic acids is 1. The average Bonchev–Trinajstić information content (AvgIpc) is 2.98. The number of pyridine rings is 1. The molecular weight excluding hydrogens is 258 g/mol. The largest absolute Gasteiger partial charge is 0.350 e. The number of nitrogens with one attached hydrogen (secondary N) is 1. The summed E-state index contributed by atoms with van der Waals surface area (Å²) >= 11 is 0. The summed E-state index contributed by atoms with van der Waals surface area (Å²) in [6.45, 7) is 0.618. The van der Waals surface area contributed by atoms with Gasteiger partial charge in [-0.3, -0.25) is 4.79 Å². The average molecular weight is 271 g/mol. The van der Waals surface area contributed by atoms with Crippen LogP contribution in [0.5, 0.6) is 0 Å². The van der Waals surface area contributed by atoms with Crippen LogP contribution in [-0.2, 0) is 6.42 Å². The van der Waals surface area contributed by atoms with Gasteiger partial charge in [0, 0.05) is 19.2 Å². The molecule has 2 heterocycles. The first-order chi connectivity index (χ1) is 9.81. The molecule has 0 atom stereocenters. The molecule has 2 rings (SSSR count). The Hall–Kier alpha value is -2.72. The fraction of sp³-hybridized carbons (Fsp3) is 0.231. The second-order valence-electron chi connectivity index (χ2n) is 3.76. The van der Waals surface area contributed by atoms with Crippen molar-refractivity contribution in [1.29, 1.82) is 0 Å². The van der Waals surface area contributed by atoms with Gasteiger partial charge in [-0.15, -0.1) is 0 Å². The van der Waals surface area contributed by atoms with Gasteiger partial charge in [0.05, 0.1) is 12.1 Å². The Morgan fingerprint density at radius 3 is 3.10 bits per heavy atom. The molecule has 7 nitrogen and oxygen atoms in total. The van der Waals surface area contributed by atoms with Crippen LogP contribution in [-0.4, -0.2) is 34.1 Å². The van der Waals surface area contributed by atoms with E-state index in [-0.39, 0.29) is 18.1 Å². The molecule has 1 amide bonds. The number of aromatic nitrogens is 3. The van der Waals surface area contributed by atoms with E-state index in [2.05, 4.69) is 36.8 Å². The van der Waals surface area contributed by atoms with Crippen molar-refractivity contribution in [3.8, 4) is 11.8 Å². The van der Waals surface area contributed by atoms with E-state index in [1.54, 1.807) is 18.3 Å². The van der Waals surface area contributed by atoms with E-state index < -0.39 is 0 Å². The summed E-state index contributed by atoms with van der Waals surface area (Å²) in [4.78, 5) is 19.9. The Balaban J connectivity index is 1.98. The zero-order valence-corrected chi connectivity index (χ0v) is 10.7. The van der Waals surface area contributed by atoms with Gasteiger partial charge in [0.25, 0.3) is 5.91 Å². The van der Waals surface area contributed by atoms with Crippen molar-refractivity contribution >= 4 is 5.91 Å². The highest BCUT2D eigenvalue weighted by Crippen LogP contribution is 2.03. The molecule has 0 aliphatic carbocycles. The van der Waals surface area contributed by atoms with Crippen LogP contribution in [0.15, 0.2) is 29.2 Å². The predicted molar refractivity (Wildman–Crippen MR) is 70.5 cm³/mol. The lowest BCUT2D eigenvalue weighted by Crippen LogP contribution is -2.27. The quantitative estimate of drug-likeness (QED) is 0.742. The molecule has 0 radical (unpaired) electrons. The topological polar surface area (TPSA) is 107 Å². The maximum absolute atomic E-state index is 12.0. The number of hydrogen-bond donors (Lipinski definition) is 2. The van der Waals surface area contributed by atoms with Crippen LogP contribution in [0, 0.1) is 11.8 Å². The molecule has 2 aromatic heterocycles. The number of amides is 1. The van der Waals surface area contributed by atoms with E-state index in [4.69, 9.17) is 5.73 Å². The van der Waals surface area contributed by atoms with Gasteiger partial charge < -0.3 is 15.6 Å². The van der Waals surface area contributed by atoms with Crippen molar-refractivity contribution in [2.24, 2.45) is 5.73 Å². The van der Waals surface area contributed by atoms with Gasteiger partial charge in [-0.05, 0) is 12.1 Å². The zero-order valence-electron chi connectivity index (χ0n) is 10.7. The molecule has 0 aliphatic rings. The van der Waals surface area contributed by atoms with E-state index >= 15 is 0 Å². The highest BCUT2D eigenvalue weighted by atomic mass is 16.5. The van der Waals surface area contributed by atoms with Gasteiger partial charge in [0.15, 0.2) is 5.82 Å². The van der Waals surface area contributed by atoms with Crippen LogP contribution in [0.3, 0.4) is 0 Å². The summed E-state index contributed by atoms with van der Waals surface area (Å²) in [5, 5.41) is 6.39. The summed E-state index contributed by atoms with van der Waals surface area (Å²) in [7, 11) is 0. The van der Waals surface area contributed by atoms with Gasteiger partial charge in [-0.25, -0.2) is 4.98 Å². The fourth-order valence-electron chi connectivity index (χ4n) is 1.51. The van der Waals surface area contributed by atoms with Gasteiger partial charge in [-0.1, -0.05) is 17.0 Å². The molecule has 0 saturated heterocycles. The molecule has 3 N–H and O–H groups in total. The lowest BCUT2D eigenvalue weighted by Gasteiger charge is -2.04. The van der Waals surface area contributed by atoms with Crippen LogP contribution < -0.4 is 11.1 Å². The first-order valence-electron chi connectivity index (χ1n) is 5.98. The Labute approximate surface area is 115 Å². The van der Waals surface area contributed by atoms with E-state index in [1.807, 2.05) is 0 Å². The third-order valence-electron chi connectivity index (χ3n) is 2.39. The van der Waals surface area contributed by atoms with E-state index in [1.165, 1.54) is 6.39 Å². The Morgan fingerprint density at radius 2 is 2.35 bits per heavy atom. The molecule has 0 aromatic carbocycles. The van der Waals surface area contributed by atoms with Gasteiger partial charge in [0.1, 0.15) is 5.69 Å². The van der Waals surface area contributed by atoms with E-state index in [0.717, 1.165) is 0 Å². The molecule has 0 bridgehead atoms. The van der Waals surface area contributed by atoms with Crippen LogP contribution in [0.25, 0.3) is 0 Å². The van der Waals surface area contributed by atoms with Crippen LogP contribution in [0.1, 0.15) is 21.9 Å². The Kier molecular flexibility index (Phi) is 4.81. The summed E-state index contributed by atoms with van der Waals surface area (Å²) in [6.07, 6.45) is 3.27. The van der Waals surface area contributed by atoms with Crippen LogP contribution in [0.2, 0.25) is 0 Å². The normalized spacial score (nSPS) is 9.65. The number of rotatable bonds is 4. The molecule has 20 heavy (non-hydrogen) atoms. The minimum Gasteiger partial charge on any atom is -0.350 e. The second-order valence-corrected chi connectivity index (χ2v) is 3.76. The monoisotopic (exact) mass is 271 g/mol. The standard InChI is InChI=1S/C13H13N5O2/c14-6-1-3-10-4-2-7-15-12(10)13(19)16-8-5-11-17-9-20-18-11/h2,4,7,9H,5-6,8,14H2,(H,16,19). The van der Waals surface area contributed by atoms with Gasteiger partial charge in [-0.2, -0.15) is 4.98 Å². The van der Waals surface area contributed by atoms with Crippen molar-refractivity contribution in [2.75, 3.05) is 13.1 Å². The van der Waals surface area contributed by atoms with Gasteiger partial charge in [0.2, 0.25) is 6.39 Å². The molecule has 102 valence electrons. The number of nitrogens with two attached hydrogens (primary N) is 1. The highest BCUT2D eigenvalue weighted by Gasteiger charge is 2.11. The predicted octanol–water partition coefficient (Wildman–Crippen LogP) is -0.253. The Bertz CT molecular complexity index is 628. The lowest BCUT2D eigenvalue weighted by atomic mass is 10.2. The highest BCUT2D eigenvalue weighted by molar-refractivity contribution is 5.94. The second kappa shape index (κ2) is 7.01. The molecule has 0 spiro atoms. The summed E-state index contributed by atoms with van der Waals surface area (Å²) in [5.74, 6) is 5.76. The Morgan fingerprint density at radius 1 is 1.45 bits per heavy atom. The van der Waals surface area contributed by atoms with Gasteiger partial charge >= 0.3 is 0 Å². The first-order valence-corrected chi connectivity index (χ1v) is 5.98. The smallest absolute Gasteiger partial charge is 0.271 e. The molecule has 0 aliphatic heterocycles. The molecule has 2 aromatic rings. The molecule has 0 fully saturated rings. The van der Waals surface area contributed by atoms with E-state index in [0.29, 0.717) is 24.4 Å². The van der Waals surface area contributed by atoms with E-state index in [9.17, 15) is 4.79 Å². The first kappa shape index (κ1) is 13.7. The third kappa shape index (κ3) is 3.63. The van der Waals surface area contributed by atoms with Crippen molar-refractivity contribution in [1.82, 2.24) is 20.4 Å². The summed E-state index contributed by atoms with van der Waals surface area (Å²) in [6, 6.07) is 3.44.